The van der Waals surface area contributed by atoms with Gasteiger partial charge in [0, 0.05) is 35.6 Å². The van der Waals surface area contributed by atoms with Crippen LogP contribution < -0.4 is 4.74 Å². The first-order chi connectivity index (χ1) is 16.7. The lowest BCUT2D eigenvalue weighted by atomic mass is 9.81. The molecule has 9 heteroatoms. The summed E-state index contributed by atoms with van der Waals surface area (Å²) in [5, 5.41) is 11.0. The molecule has 0 aliphatic carbocycles. The number of rotatable bonds is 6. The van der Waals surface area contributed by atoms with Crippen molar-refractivity contribution in [1.29, 1.82) is 0 Å². The number of benzene rings is 2. The Hall–Kier alpha value is -3.59. The molecular formula is C26H29FN4O4. The summed E-state index contributed by atoms with van der Waals surface area (Å²) < 4.78 is 19.7. The van der Waals surface area contributed by atoms with Crippen molar-refractivity contribution in [2.45, 2.75) is 31.3 Å². The Morgan fingerprint density at radius 1 is 1.26 bits per heavy atom. The third-order valence-electron chi connectivity index (χ3n) is 7.11. The van der Waals surface area contributed by atoms with Gasteiger partial charge in [-0.1, -0.05) is 12.1 Å². The van der Waals surface area contributed by atoms with Crippen LogP contribution in [0.15, 0.2) is 36.4 Å². The molecule has 3 amide bonds. The number of fused-ring (bicyclic) bond motifs is 4. The number of nitrogens with zero attached hydrogens (tertiary/aromatic N) is 3. The van der Waals surface area contributed by atoms with E-state index in [9.17, 15) is 19.1 Å². The number of carbonyl (C=O) groups excluding carboxylic acids is 2. The van der Waals surface area contributed by atoms with Crippen molar-refractivity contribution in [2.75, 3.05) is 34.3 Å². The van der Waals surface area contributed by atoms with Gasteiger partial charge in [-0.2, -0.15) is 0 Å². The van der Waals surface area contributed by atoms with Gasteiger partial charge in [0.05, 0.1) is 7.11 Å². The van der Waals surface area contributed by atoms with Crippen LogP contribution in [0.2, 0.25) is 0 Å². The second kappa shape index (κ2) is 8.27. The number of hydrogen-bond donors (Lipinski definition) is 2. The standard InChI is InChI=1S/C26H29FN4O4/c1-26-14-18-17-12-21(35-4)19(27)13-20(17)28-22(18)23(15-7-5-8-16(32)11-15)31(26)25(34)30(24(26)33)10-6-9-29(2)3/h5,7-8,11-13,23,28,32H,6,9-10,14H2,1-4H3. The first-order valence-corrected chi connectivity index (χ1v) is 11.6. The fourth-order valence-corrected chi connectivity index (χ4v) is 5.46. The van der Waals surface area contributed by atoms with Crippen molar-refractivity contribution < 1.29 is 23.8 Å². The zero-order valence-corrected chi connectivity index (χ0v) is 20.3. The molecule has 5 rings (SSSR count). The number of nitrogens with one attached hydrogen (secondary N) is 1. The summed E-state index contributed by atoms with van der Waals surface area (Å²) in [6, 6.07) is 8.66. The second-order valence-electron chi connectivity index (χ2n) is 9.76. The minimum atomic E-state index is -1.13. The van der Waals surface area contributed by atoms with E-state index in [1.165, 1.54) is 18.1 Å². The second-order valence-corrected chi connectivity index (χ2v) is 9.76. The highest BCUT2D eigenvalue weighted by Gasteiger charge is 2.60. The smallest absolute Gasteiger partial charge is 0.328 e. The zero-order valence-electron chi connectivity index (χ0n) is 20.3. The van der Waals surface area contributed by atoms with Crippen LogP contribution in [0, 0.1) is 5.82 Å². The van der Waals surface area contributed by atoms with Gasteiger partial charge in [-0.05, 0) is 63.3 Å². The molecule has 1 saturated heterocycles. The van der Waals surface area contributed by atoms with Crippen LogP contribution in [0.25, 0.3) is 10.9 Å². The molecule has 2 aliphatic rings. The molecular weight excluding hydrogens is 451 g/mol. The summed E-state index contributed by atoms with van der Waals surface area (Å²) in [7, 11) is 5.31. The van der Waals surface area contributed by atoms with Crippen molar-refractivity contribution in [1.82, 2.24) is 19.7 Å². The number of urea groups is 1. The molecule has 1 aromatic heterocycles. The Labute approximate surface area is 202 Å². The molecule has 2 unspecified atom stereocenters. The summed E-state index contributed by atoms with van der Waals surface area (Å²) >= 11 is 0. The van der Waals surface area contributed by atoms with E-state index in [0.717, 1.165) is 17.5 Å². The summed E-state index contributed by atoms with van der Waals surface area (Å²) in [5.74, 6) is -0.584. The third kappa shape index (κ3) is 3.53. The molecule has 2 aromatic carbocycles. The van der Waals surface area contributed by atoms with Gasteiger partial charge in [0.1, 0.15) is 17.3 Å². The van der Waals surface area contributed by atoms with E-state index in [0.29, 0.717) is 29.7 Å². The van der Waals surface area contributed by atoms with Crippen molar-refractivity contribution in [3.63, 3.8) is 0 Å². The molecule has 2 atom stereocenters. The number of methoxy groups -OCH3 is 1. The molecule has 0 radical (unpaired) electrons. The van der Waals surface area contributed by atoms with Crippen molar-refractivity contribution in [3.8, 4) is 11.5 Å². The van der Waals surface area contributed by atoms with E-state index >= 15 is 0 Å². The van der Waals surface area contributed by atoms with Crippen molar-refractivity contribution >= 4 is 22.8 Å². The van der Waals surface area contributed by atoms with Gasteiger partial charge in [-0.15, -0.1) is 0 Å². The Morgan fingerprint density at radius 3 is 2.71 bits per heavy atom. The number of phenols is 1. The number of imide groups is 1. The van der Waals surface area contributed by atoms with Crippen LogP contribution >= 0.6 is 0 Å². The number of ether oxygens (including phenoxy) is 1. The fourth-order valence-electron chi connectivity index (χ4n) is 5.46. The monoisotopic (exact) mass is 480 g/mol. The summed E-state index contributed by atoms with van der Waals surface area (Å²) in [5.41, 5.74) is 1.63. The molecule has 1 fully saturated rings. The number of carbonyl (C=O) groups is 2. The molecule has 3 aromatic rings. The third-order valence-corrected chi connectivity index (χ3v) is 7.11. The number of halogens is 1. The first kappa shape index (κ1) is 23.2. The number of aromatic hydroxyl groups is 1. The van der Waals surface area contributed by atoms with Gasteiger partial charge in [0.25, 0.3) is 5.91 Å². The van der Waals surface area contributed by atoms with E-state index < -0.39 is 17.4 Å². The minimum Gasteiger partial charge on any atom is -0.508 e. The van der Waals surface area contributed by atoms with Gasteiger partial charge in [-0.3, -0.25) is 14.6 Å². The molecule has 35 heavy (non-hydrogen) atoms. The molecule has 0 bridgehead atoms. The Morgan fingerprint density at radius 2 is 2.03 bits per heavy atom. The number of phenolic OH excluding ortho intramolecular Hbond substituents is 1. The average Bonchev–Trinajstić information content (AvgIpc) is 3.23. The lowest BCUT2D eigenvalue weighted by molar-refractivity contribution is -0.133. The maximum Gasteiger partial charge on any atom is 0.328 e. The highest BCUT2D eigenvalue weighted by atomic mass is 19.1. The Balaban J connectivity index is 1.68. The normalized spacial score (nSPS) is 21.7. The highest BCUT2D eigenvalue weighted by Crippen LogP contribution is 2.49. The molecule has 2 N–H and O–H groups in total. The minimum absolute atomic E-state index is 0.0564. The summed E-state index contributed by atoms with van der Waals surface area (Å²) in [4.78, 5) is 35.8. The quantitative estimate of drug-likeness (QED) is 0.526. The highest BCUT2D eigenvalue weighted by molar-refractivity contribution is 6.08. The van der Waals surface area contributed by atoms with Gasteiger partial charge < -0.3 is 19.7 Å². The molecule has 2 aliphatic heterocycles. The largest absolute Gasteiger partial charge is 0.508 e. The number of aromatic nitrogens is 1. The number of amides is 3. The van der Waals surface area contributed by atoms with Gasteiger partial charge >= 0.3 is 6.03 Å². The van der Waals surface area contributed by atoms with Gasteiger partial charge in [-0.25, -0.2) is 9.18 Å². The van der Waals surface area contributed by atoms with E-state index in [4.69, 9.17) is 4.74 Å². The molecule has 0 saturated carbocycles. The van der Waals surface area contributed by atoms with Crippen LogP contribution in [0.4, 0.5) is 9.18 Å². The van der Waals surface area contributed by atoms with E-state index in [2.05, 4.69) is 4.98 Å². The topological polar surface area (TPSA) is 89.1 Å². The van der Waals surface area contributed by atoms with Gasteiger partial charge in [0.15, 0.2) is 11.6 Å². The predicted octanol–water partition coefficient (Wildman–Crippen LogP) is 3.64. The fraction of sp³-hybridized carbons (Fsp3) is 0.385. The Kier molecular flexibility index (Phi) is 5.47. The molecule has 3 heterocycles. The van der Waals surface area contributed by atoms with Crippen LogP contribution in [0.5, 0.6) is 11.5 Å². The van der Waals surface area contributed by atoms with Gasteiger partial charge in [0.2, 0.25) is 0 Å². The number of H-pyrrole nitrogens is 1. The van der Waals surface area contributed by atoms with E-state index in [-0.39, 0.29) is 29.9 Å². The van der Waals surface area contributed by atoms with E-state index in [1.54, 1.807) is 36.1 Å². The summed E-state index contributed by atoms with van der Waals surface area (Å²) in [6.07, 6.45) is 0.942. The molecule has 0 spiro atoms. The summed E-state index contributed by atoms with van der Waals surface area (Å²) in [6.45, 7) is 2.86. The van der Waals surface area contributed by atoms with Crippen LogP contribution in [-0.4, -0.2) is 76.6 Å². The number of hydrogen-bond acceptors (Lipinski definition) is 5. The average molecular weight is 481 g/mol. The number of aromatic amines is 1. The zero-order chi connectivity index (χ0) is 25.1. The van der Waals surface area contributed by atoms with Crippen LogP contribution in [0.1, 0.15) is 36.2 Å². The van der Waals surface area contributed by atoms with Crippen LogP contribution in [-0.2, 0) is 11.2 Å². The van der Waals surface area contributed by atoms with E-state index in [1.807, 2.05) is 25.1 Å². The molecule has 8 nitrogen and oxygen atoms in total. The lowest BCUT2D eigenvalue weighted by Gasteiger charge is -2.42. The first-order valence-electron chi connectivity index (χ1n) is 11.6. The van der Waals surface area contributed by atoms with Crippen molar-refractivity contribution in [2.24, 2.45) is 0 Å². The molecule has 184 valence electrons. The predicted molar refractivity (Wildman–Crippen MR) is 129 cm³/mol. The maximum absolute atomic E-state index is 14.5. The van der Waals surface area contributed by atoms with Crippen LogP contribution in [0.3, 0.4) is 0 Å². The van der Waals surface area contributed by atoms with Crippen molar-refractivity contribution in [3.05, 3.63) is 59.0 Å². The maximum atomic E-state index is 14.5. The lowest BCUT2D eigenvalue weighted by Crippen LogP contribution is -2.53. The Bertz CT molecular complexity index is 1340. The SMILES string of the molecule is COc1cc2c3c([nH]c2cc1F)C(c1cccc(O)c1)N1C(=O)N(CCCN(C)C)C(=O)C1(C)C3.